The molecule has 0 radical (unpaired) electrons. The Balaban J connectivity index is 3.12. The minimum Gasteiger partial charge on any atom is -0.496 e. The Hall–Kier alpha value is -1.51. The van der Waals surface area contributed by atoms with Crippen molar-refractivity contribution in [2.24, 2.45) is 0 Å². The van der Waals surface area contributed by atoms with Crippen molar-refractivity contribution in [1.29, 1.82) is 0 Å². The number of aldehydes is 1. The van der Waals surface area contributed by atoms with E-state index in [0.717, 1.165) is 11.8 Å². The van der Waals surface area contributed by atoms with Crippen molar-refractivity contribution in [3.63, 3.8) is 0 Å². The molecule has 0 aliphatic rings. The van der Waals surface area contributed by atoms with E-state index in [2.05, 4.69) is 0 Å². The Morgan fingerprint density at radius 2 is 2.23 bits per heavy atom. The summed E-state index contributed by atoms with van der Waals surface area (Å²) in [5, 5.41) is 0. The number of rotatable bonds is 3. The molecule has 0 saturated heterocycles. The van der Waals surface area contributed by atoms with Crippen molar-refractivity contribution in [3.05, 3.63) is 23.8 Å². The largest absolute Gasteiger partial charge is 0.496 e. The first-order valence-corrected chi connectivity index (χ1v) is 4.07. The molecule has 0 aromatic heterocycles. The minimum absolute atomic E-state index is 0.157. The third kappa shape index (κ3) is 1.99. The standard InChI is InChI=1S/C10H13NO2/c1-7(6-12)9-4-3-8(11)5-10(9)13-2/h3-7H,11H2,1-2H3. The highest BCUT2D eigenvalue weighted by Gasteiger charge is 2.09. The van der Waals surface area contributed by atoms with Gasteiger partial charge in [-0.1, -0.05) is 13.0 Å². The Morgan fingerprint density at radius 1 is 1.54 bits per heavy atom. The van der Waals surface area contributed by atoms with Gasteiger partial charge in [-0.25, -0.2) is 0 Å². The van der Waals surface area contributed by atoms with Crippen molar-refractivity contribution >= 4 is 12.0 Å². The summed E-state index contributed by atoms with van der Waals surface area (Å²) in [5.74, 6) is 0.509. The molecule has 1 rings (SSSR count). The normalized spacial score (nSPS) is 12.2. The molecule has 3 nitrogen and oxygen atoms in total. The predicted octanol–water partition coefficient (Wildman–Crippen LogP) is 1.58. The van der Waals surface area contributed by atoms with Crippen molar-refractivity contribution < 1.29 is 9.53 Å². The maximum absolute atomic E-state index is 10.6. The smallest absolute Gasteiger partial charge is 0.127 e. The lowest BCUT2D eigenvalue weighted by molar-refractivity contribution is -0.108. The van der Waals surface area contributed by atoms with Gasteiger partial charge in [0.15, 0.2) is 0 Å². The van der Waals surface area contributed by atoms with E-state index >= 15 is 0 Å². The lowest BCUT2D eigenvalue weighted by atomic mass is 10.0. The molecular formula is C10H13NO2. The van der Waals surface area contributed by atoms with Crippen molar-refractivity contribution in [3.8, 4) is 5.75 Å². The zero-order valence-corrected chi connectivity index (χ0v) is 7.78. The van der Waals surface area contributed by atoms with E-state index in [1.165, 1.54) is 0 Å². The second kappa shape index (κ2) is 3.94. The van der Waals surface area contributed by atoms with Crippen LogP contribution in [0.15, 0.2) is 18.2 Å². The molecule has 0 fully saturated rings. The zero-order chi connectivity index (χ0) is 9.84. The van der Waals surface area contributed by atoms with Gasteiger partial charge >= 0.3 is 0 Å². The minimum atomic E-state index is -0.157. The van der Waals surface area contributed by atoms with Crippen LogP contribution in [0, 0.1) is 0 Å². The van der Waals surface area contributed by atoms with E-state index in [1.54, 1.807) is 19.2 Å². The SMILES string of the molecule is COc1cc(N)ccc1C(C)C=O. The summed E-state index contributed by atoms with van der Waals surface area (Å²) < 4.78 is 5.11. The number of carbonyl (C=O) groups excluding carboxylic acids is 1. The number of benzene rings is 1. The molecule has 0 spiro atoms. The second-order valence-electron chi connectivity index (χ2n) is 2.93. The molecule has 3 heteroatoms. The molecule has 0 aliphatic heterocycles. The van der Waals surface area contributed by atoms with Crippen LogP contribution in [0.1, 0.15) is 18.4 Å². The molecule has 1 aromatic rings. The summed E-state index contributed by atoms with van der Waals surface area (Å²) in [5.41, 5.74) is 7.08. The number of anilines is 1. The van der Waals surface area contributed by atoms with E-state index in [1.807, 2.05) is 13.0 Å². The summed E-state index contributed by atoms with van der Waals surface area (Å²) in [6.07, 6.45) is 0.883. The Labute approximate surface area is 77.5 Å². The number of hydrogen-bond acceptors (Lipinski definition) is 3. The Kier molecular flexibility index (Phi) is 2.90. The van der Waals surface area contributed by atoms with E-state index in [4.69, 9.17) is 10.5 Å². The topological polar surface area (TPSA) is 52.3 Å². The lowest BCUT2D eigenvalue weighted by Crippen LogP contribution is -1.99. The fraction of sp³-hybridized carbons (Fsp3) is 0.300. The maximum atomic E-state index is 10.6. The zero-order valence-electron chi connectivity index (χ0n) is 7.78. The second-order valence-corrected chi connectivity index (χ2v) is 2.93. The highest BCUT2D eigenvalue weighted by molar-refractivity contribution is 5.65. The lowest BCUT2D eigenvalue weighted by Gasteiger charge is -2.10. The molecule has 2 N–H and O–H groups in total. The molecule has 70 valence electrons. The van der Waals surface area contributed by atoms with Crippen LogP contribution >= 0.6 is 0 Å². The number of hydrogen-bond donors (Lipinski definition) is 1. The van der Waals surface area contributed by atoms with Crippen molar-refractivity contribution in [1.82, 2.24) is 0 Å². The molecule has 1 unspecified atom stereocenters. The predicted molar refractivity (Wildman–Crippen MR) is 51.9 cm³/mol. The number of ether oxygens (including phenoxy) is 1. The molecule has 0 heterocycles. The van der Waals surface area contributed by atoms with Crippen molar-refractivity contribution in [2.75, 3.05) is 12.8 Å². The highest BCUT2D eigenvalue weighted by atomic mass is 16.5. The van der Waals surface area contributed by atoms with Crippen LogP contribution in [-0.2, 0) is 4.79 Å². The van der Waals surface area contributed by atoms with Gasteiger partial charge in [-0.3, -0.25) is 0 Å². The Bertz CT molecular complexity index is 310. The first-order valence-electron chi connectivity index (χ1n) is 4.07. The van der Waals surface area contributed by atoms with E-state index in [0.29, 0.717) is 11.4 Å². The third-order valence-electron chi connectivity index (χ3n) is 1.95. The third-order valence-corrected chi connectivity index (χ3v) is 1.95. The molecule has 0 saturated carbocycles. The molecule has 1 atom stereocenters. The fourth-order valence-electron chi connectivity index (χ4n) is 1.18. The summed E-state index contributed by atoms with van der Waals surface area (Å²) in [4.78, 5) is 10.6. The van der Waals surface area contributed by atoms with E-state index < -0.39 is 0 Å². The first-order chi connectivity index (χ1) is 6.19. The number of nitrogen functional groups attached to an aromatic ring is 1. The number of methoxy groups -OCH3 is 1. The number of carbonyl (C=O) groups is 1. The van der Waals surface area contributed by atoms with Gasteiger partial charge in [0.1, 0.15) is 12.0 Å². The van der Waals surface area contributed by atoms with Crippen LogP contribution < -0.4 is 10.5 Å². The fourth-order valence-corrected chi connectivity index (χ4v) is 1.18. The van der Waals surface area contributed by atoms with Gasteiger partial charge in [-0.15, -0.1) is 0 Å². The molecule has 0 aliphatic carbocycles. The molecular weight excluding hydrogens is 166 g/mol. The van der Waals surface area contributed by atoms with Crippen LogP contribution in [0.3, 0.4) is 0 Å². The van der Waals surface area contributed by atoms with Gasteiger partial charge in [-0.05, 0) is 6.07 Å². The van der Waals surface area contributed by atoms with Gasteiger partial charge in [0.2, 0.25) is 0 Å². The maximum Gasteiger partial charge on any atom is 0.127 e. The summed E-state index contributed by atoms with van der Waals surface area (Å²) >= 11 is 0. The Morgan fingerprint density at radius 3 is 2.77 bits per heavy atom. The molecule has 0 amide bonds. The summed E-state index contributed by atoms with van der Waals surface area (Å²) in [6, 6.07) is 5.29. The average molecular weight is 179 g/mol. The first kappa shape index (κ1) is 9.58. The van der Waals surface area contributed by atoms with Gasteiger partial charge < -0.3 is 15.3 Å². The molecule has 1 aromatic carbocycles. The van der Waals surface area contributed by atoms with Crippen LogP contribution in [0.2, 0.25) is 0 Å². The van der Waals surface area contributed by atoms with Gasteiger partial charge in [0.05, 0.1) is 7.11 Å². The van der Waals surface area contributed by atoms with Crippen LogP contribution in [0.5, 0.6) is 5.75 Å². The average Bonchev–Trinajstić information content (AvgIpc) is 2.16. The van der Waals surface area contributed by atoms with E-state index in [9.17, 15) is 4.79 Å². The monoisotopic (exact) mass is 179 g/mol. The highest BCUT2D eigenvalue weighted by Crippen LogP contribution is 2.27. The van der Waals surface area contributed by atoms with Gasteiger partial charge in [0.25, 0.3) is 0 Å². The van der Waals surface area contributed by atoms with Gasteiger partial charge in [0, 0.05) is 23.2 Å². The number of nitrogens with two attached hydrogens (primary N) is 1. The van der Waals surface area contributed by atoms with Crippen LogP contribution in [0.25, 0.3) is 0 Å². The molecule has 0 bridgehead atoms. The van der Waals surface area contributed by atoms with Crippen LogP contribution in [-0.4, -0.2) is 13.4 Å². The summed E-state index contributed by atoms with van der Waals surface area (Å²) in [7, 11) is 1.57. The van der Waals surface area contributed by atoms with Gasteiger partial charge in [-0.2, -0.15) is 0 Å². The van der Waals surface area contributed by atoms with Crippen molar-refractivity contribution in [2.45, 2.75) is 12.8 Å². The quantitative estimate of drug-likeness (QED) is 0.566. The summed E-state index contributed by atoms with van der Waals surface area (Å²) in [6.45, 7) is 1.82. The van der Waals surface area contributed by atoms with Crippen LogP contribution in [0.4, 0.5) is 5.69 Å². The van der Waals surface area contributed by atoms with E-state index in [-0.39, 0.29) is 5.92 Å². The molecule has 13 heavy (non-hydrogen) atoms.